The number of carboxylic acids is 1. The van der Waals surface area contributed by atoms with E-state index in [9.17, 15) is 14.7 Å². The highest BCUT2D eigenvalue weighted by Gasteiger charge is 2.44. The van der Waals surface area contributed by atoms with E-state index in [0.29, 0.717) is 31.8 Å². The van der Waals surface area contributed by atoms with Crippen molar-refractivity contribution < 1.29 is 19.4 Å². The van der Waals surface area contributed by atoms with E-state index in [0.717, 1.165) is 5.56 Å². The first-order valence-corrected chi connectivity index (χ1v) is 8.86. The molecular weight excluding hydrogens is 332 g/mol. The lowest BCUT2D eigenvalue weighted by atomic mass is 9.90. The third-order valence-corrected chi connectivity index (χ3v) is 4.87. The molecule has 0 saturated carbocycles. The van der Waals surface area contributed by atoms with Crippen LogP contribution in [-0.2, 0) is 16.1 Å². The second kappa shape index (κ2) is 7.64. The molecule has 1 saturated heterocycles. The normalized spacial score (nSPS) is 16.3. The van der Waals surface area contributed by atoms with Crippen LogP contribution in [0.1, 0.15) is 24.8 Å². The zero-order valence-corrected chi connectivity index (χ0v) is 14.9. The molecule has 1 aromatic carbocycles. The van der Waals surface area contributed by atoms with E-state index in [-0.39, 0.29) is 18.7 Å². The Kier molecular flexibility index (Phi) is 5.30. The SMILES string of the molecule is Cc1cccc(OC2(C(=O)O)CCN(C(=O)CCn3cccc3)CC2)c1. The molecule has 138 valence electrons. The van der Waals surface area contributed by atoms with Gasteiger partial charge in [0, 0.05) is 51.3 Å². The Bertz CT molecular complexity index is 762. The Morgan fingerprint density at radius 2 is 1.85 bits per heavy atom. The lowest BCUT2D eigenvalue weighted by Crippen LogP contribution is -2.54. The molecule has 1 fully saturated rings. The Balaban J connectivity index is 1.60. The molecule has 0 spiro atoms. The number of hydrogen-bond acceptors (Lipinski definition) is 3. The molecule has 1 aliphatic rings. The maximum Gasteiger partial charge on any atom is 0.348 e. The molecule has 1 N–H and O–H groups in total. The van der Waals surface area contributed by atoms with Crippen LogP contribution in [0.4, 0.5) is 0 Å². The number of rotatable bonds is 6. The van der Waals surface area contributed by atoms with Gasteiger partial charge in [0.1, 0.15) is 5.75 Å². The van der Waals surface area contributed by atoms with Crippen molar-refractivity contribution in [3.8, 4) is 5.75 Å². The second-order valence-corrected chi connectivity index (χ2v) is 6.77. The number of likely N-dealkylation sites (tertiary alicyclic amines) is 1. The van der Waals surface area contributed by atoms with E-state index in [4.69, 9.17) is 4.74 Å². The Morgan fingerprint density at radius 3 is 2.46 bits per heavy atom. The molecular formula is C20H24N2O4. The van der Waals surface area contributed by atoms with Crippen molar-refractivity contribution in [1.29, 1.82) is 0 Å². The van der Waals surface area contributed by atoms with Gasteiger partial charge in [-0.1, -0.05) is 12.1 Å². The number of carboxylic acid groups (broad SMARTS) is 1. The van der Waals surface area contributed by atoms with Crippen LogP contribution in [0.15, 0.2) is 48.8 Å². The highest BCUT2D eigenvalue weighted by Crippen LogP contribution is 2.30. The molecule has 0 unspecified atom stereocenters. The number of piperidine rings is 1. The summed E-state index contributed by atoms with van der Waals surface area (Å²) < 4.78 is 7.85. The van der Waals surface area contributed by atoms with E-state index in [1.54, 1.807) is 11.0 Å². The number of carbonyl (C=O) groups excluding carboxylic acids is 1. The molecule has 0 bridgehead atoms. The van der Waals surface area contributed by atoms with Crippen molar-refractivity contribution in [3.05, 3.63) is 54.4 Å². The van der Waals surface area contributed by atoms with Crippen LogP contribution >= 0.6 is 0 Å². The van der Waals surface area contributed by atoms with E-state index in [2.05, 4.69) is 0 Å². The minimum Gasteiger partial charge on any atom is -0.478 e. The Labute approximate surface area is 153 Å². The number of aliphatic carboxylic acids is 1. The first kappa shape index (κ1) is 18.0. The summed E-state index contributed by atoms with van der Waals surface area (Å²) in [6.07, 6.45) is 4.83. The van der Waals surface area contributed by atoms with Gasteiger partial charge >= 0.3 is 5.97 Å². The zero-order valence-electron chi connectivity index (χ0n) is 14.9. The fourth-order valence-corrected chi connectivity index (χ4v) is 3.28. The number of nitrogens with zero attached hydrogens (tertiary/aromatic N) is 2. The van der Waals surface area contributed by atoms with Gasteiger partial charge in [-0.25, -0.2) is 4.79 Å². The molecule has 0 radical (unpaired) electrons. The summed E-state index contributed by atoms with van der Waals surface area (Å²) >= 11 is 0. The third kappa shape index (κ3) is 4.07. The van der Waals surface area contributed by atoms with Crippen molar-refractivity contribution in [2.75, 3.05) is 13.1 Å². The minimum atomic E-state index is -1.27. The van der Waals surface area contributed by atoms with Crippen molar-refractivity contribution in [2.45, 2.75) is 38.3 Å². The van der Waals surface area contributed by atoms with E-state index >= 15 is 0 Å². The monoisotopic (exact) mass is 356 g/mol. The van der Waals surface area contributed by atoms with Crippen LogP contribution in [0.2, 0.25) is 0 Å². The van der Waals surface area contributed by atoms with Crippen molar-refractivity contribution in [1.82, 2.24) is 9.47 Å². The lowest BCUT2D eigenvalue weighted by molar-refractivity contribution is -0.161. The van der Waals surface area contributed by atoms with Gasteiger partial charge in [-0.15, -0.1) is 0 Å². The molecule has 0 aliphatic carbocycles. The number of amides is 1. The predicted molar refractivity (Wildman–Crippen MR) is 97.0 cm³/mol. The van der Waals surface area contributed by atoms with E-state index in [1.807, 2.05) is 54.2 Å². The average molecular weight is 356 g/mol. The van der Waals surface area contributed by atoms with Gasteiger partial charge in [-0.05, 0) is 36.8 Å². The number of ether oxygens (including phenoxy) is 1. The smallest absolute Gasteiger partial charge is 0.348 e. The molecule has 6 heteroatoms. The highest BCUT2D eigenvalue weighted by molar-refractivity contribution is 5.80. The van der Waals surface area contributed by atoms with Crippen molar-refractivity contribution >= 4 is 11.9 Å². The summed E-state index contributed by atoms with van der Waals surface area (Å²) in [4.78, 5) is 26.0. The first-order valence-electron chi connectivity index (χ1n) is 8.86. The quantitative estimate of drug-likeness (QED) is 0.864. The Morgan fingerprint density at radius 1 is 1.15 bits per heavy atom. The molecule has 6 nitrogen and oxygen atoms in total. The Hall–Kier alpha value is -2.76. The second-order valence-electron chi connectivity index (χ2n) is 6.77. The van der Waals surface area contributed by atoms with Gasteiger partial charge in [0.15, 0.2) is 0 Å². The minimum absolute atomic E-state index is 0.0493. The maximum atomic E-state index is 12.4. The summed E-state index contributed by atoms with van der Waals surface area (Å²) in [5, 5.41) is 9.74. The average Bonchev–Trinajstić information content (AvgIpc) is 3.14. The van der Waals surface area contributed by atoms with Crippen LogP contribution in [0.5, 0.6) is 5.75 Å². The summed E-state index contributed by atoms with van der Waals surface area (Å²) in [5.74, 6) is -0.369. The number of carbonyl (C=O) groups is 2. The molecule has 0 atom stereocenters. The summed E-state index contributed by atoms with van der Waals surface area (Å²) in [6, 6.07) is 11.2. The van der Waals surface area contributed by atoms with Gasteiger partial charge < -0.3 is 19.3 Å². The molecule has 1 amide bonds. The van der Waals surface area contributed by atoms with Gasteiger partial charge in [0.25, 0.3) is 0 Å². The highest BCUT2D eigenvalue weighted by atomic mass is 16.5. The van der Waals surface area contributed by atoms with Crippen LogP contribution in [0, 0.1) is 6.92 Å². The maximum absolute atomic E-state index is 12.4. The van der Waals surface area contributed by atoms with Gasteiger partial charge in [0.05, 0.1) is 0 Å². The number of benzene rings is 1. The van der Waals surface area contributed by atoms with E-state index < -0.39 is 11.6 Å². The van der Waals surface area contributed by atoms with E-state index in [1.165, 1.54) is 0 Å². The van der Waals surface area contributed by atoms with Crippen LogP contribution in [0.3, 0.4) is 0 Å². The van der Waals surface area contributed by atoms with Crippen LogP contribution in [0.25, 0.3) is 0 Å². The molecule has 1 aromatic heterocycles. The van der Waals surface area contributed by atoms with Crippen molar-refractivity contribution in [2.24, 2.45) is 0 Å². The van der Waals surface area contributed by atoms with Crippen molar-refractivity contribution in [3.63, 3.8) is 0 Å². The number of aryl methyl sites for hydroxylation is 2. The van der Waals surface area contributed by atoms with Gasteiger partial charge in [-0.2, -0.15) is 0 Å². The van der Waals surface area contributed by atoms with Gasteiger partial charge in [-0.3, -0.25) is 4.79 Å². The molecule has 3 rings (SSSR count). The van der Waals surface area contributed by atoms with Crippen LogP contribution < -0.4 is 4.74 Å². The predicted octanol–water partition coefficient (Wildman–Crippen LogP) is 2.71. The number of aromatic nitrogens is 1. The summed E-state index contributed by atoms with van der Waals surface area (Å²) in [7, 11) is 0. The standard InChI is InChI=1S/C20H24N2O4/c1-16-5-4-6-17(15-16)26-20(19(24)25)8-13-22(14-9-20)18(23)7-12-21-10-2-3-11-21/h2-6,10-11,15H,7-9,12-14H2,1H3,(H,24,25). The molecule has 2 aromatic rings. The summed E-state index contributed by atoms with van der Waals surface area (Å²) in [6.45, 7) is 3.35. The van der Waals surface area contributed by atoms with Crippen LogP contribution in [-0.4, -0.2) is 45.1 Å². The van der Waals surface area contributed by atoms with Gasteiger partial charge in [0.2, 0.25) is 11.5 Å². The molecule has 26 heavy (non-hydrogen) atoms. The largest absolute Gasteiger partial charge is 0.478 e. The molecule has 1 aliphatic heterocycles. The molecule has 2 heterocycles. The summed E-state index contributed by atoms with van der Waals surface area (Å²) in [5.41, 5.74) is -0.258. The zero-order chi connectivity index (χ0) is 18.6. The fraction of sp³-hybridized carbons (Fsp3) is 0.400. The fourth-order valence-electron chi connectivity index (χ4n) is 3.28. The lowest BCUT2D eigenvalue weighted by Gasteiger charge is -2.39. The number of hydrogen-bond donors (Lipinski definition) is 1. The topological polar surface area (TPSA) is 71.8 Å². The third-order valence-electron chi connectivity index (χ3n) is 4.87. The first-order chi connectivity index (χ1) is 12.5.